The highest BCUT2D eigenvalue weighted by molar-refractivity contribution is 9.10. The van der Waals surface area contributed by atoms with Crippen molar-refractivity contribution < 1.29 is 9.59 Å². The van der Waals surface area contributed by atoms with Gasteiger partial charge in [0.1, 0.15) is 0 Å². The van der Waals surface area contributed by atoms with Crippen LogP contribution in [-0.4, -0.2) is 60.3 Å². The van der Waals surface area contributed by atoms with Gasteiger partial charge in [-0.25, -0.2) is 15.4 Å². The summed E-state index contributed by atoms with van der Waals surface area (Å²) in [6.45, 7) is 13.2. The lowest BCUT2D eigenvalue weighted by molar-refractivity contribution is 0.0388. The minimum atomic E-state index is -0.423. The Balaban J connectivity index is 1.36. The molecule has 1 aliphatic heterocycles. The normalized spacial score (nSPS) is 14.6. The number of nitrogens with zero attached hydrogens (tertiary/aromatic N) is 3. The molecule has 4 rings (SSSR count). The third kappa shape index (κ3) is 7.63. The average molecular weight is 606 g/mol. The van der Waals surface area contributed by atoms with E-state index in [0.717, 1.165) is 53.9 Å². The van der Waals surface area contributed by atoms with Crippen molar-refractivity contribution in [1.29, 1.82) is 0 Å². The van der Waals surface area contributed by atoms with E-state index < -0.39 is 5.91 Å². The van der Waals surface area contributed by atoms with Crippen molar-refractivity contribution in [2.45, 2.75) is 40.3 Å². The van der Waals surface area contributed by atoms with Crippen molar-refractivity contribution in [3.63, 3.8) is 0 Å². The summed E-state index contributed by atoms with van der Waals surface area (Å²) in [5, 5.41) is 15.4. The number of halogens is 1. The molecule has 0 saturated carbocycles. The van der Waals surface area contributed by atoms with E-state index in [9.17, 15) is 9.59 Å². The quantitative estimate of drug-likeness (QED) is 0.221. The van der Waals surface area contributed by atoms with Crippen LogP contribution in [0.3, 0.4) is 0 Å². The Bertz CT molecular complexity index is 1360. The molecule has 1 heterocycles. The summed E-state index contributed by atoms with van der Waals surface area (Å²) in [5.41, 5.74) is 8.13. The zero-order valence-electron chi connectivity index (χ0n) is 23.5. The van der Waals surface area contributed by atoms with Crippen LogP contribution in [-0.2, 0) is 6.54 Å². The zero-order chi connectivity index (χ0) is 28.6. The van der Waals surface area contributed by atoms with E-state index in [-0.39, 0.29) is 5.91 Å². The first-order valence-corrected chi connectivity index (χ1v) is 14.4. The average Bonchev–Trinajstić information content (AvgIpc) is 3.37. The highest BCUT2D eigenvalue weighted by Gasteiger charge is 2.27. The molecule has 0 aromatic heterocycles. The van der Waals surface area contributed by atoms with Crippen molar-refractivity contribution >= 4 is 39.6 Å². The molecule has 2 amide bonds. The molecule has 40 heavy (non-hydrogen) atoms. The molecule has 0 atom stereocenters. The molecule has 9 heteroatoms. The third-order valence-electron chi connectivity index (χ3n) is 7.19. The number of carbonyl (C=O) groups is 2. The van der Waals surface area contributed by atoms with Crippen molar-refractivity contribution in [1.82, 2.24) is 20.8 Å². The lowest BCUT2D eigenvalue weighted by atomic mass is 10.1. The van der Waals surface area contributed by atoms with Gasteiger partial charge in [0.05, 0.1) is 17.5 Å². The Hall–Kier alpha value is -3.37. The van der Waals surface area contributed by atoms with Crippen molar-refractivity contribution in [2.75, 3.05) is 31.5 Å². The Morgan fingerprint density at radius 3 is 2.27 bits per heavy atom. The molecule has 210 valence electrons. The van der Waals surface area contributed by atoms with Crippen molar-refractivity contribution in [3.05, 3.63) is 98.5 Å². The van der Waals surface area contributed by atoms with E-state index in [0.29, 0.717) is 22.9 Å². The van der Waals surface area contributed by atoms with Gasteiger partial charge in [0.15, 0.2) is 0 Å². The predicted molar refractivity (Wildman–Crippen MR) is 165 cm³/mol. The van der Waals surface area contributed by atoms with E-state index in [1.54, 1.807) is 24.4 Å². The molecule has 0 bridgehead atoms. The largest absolute Gasteiger partial charge is 0.321 e. The maximum atomic E-state index is 13.0. The van der Waals surface area contributed by atoms with Gasteiger partial charge in [-0.05, 0) is 66.4 Å². The second-order valence-electron chi connectivity index (χ2n) is 9.97. The topological polar surface area (TPSA) is 89.1 Å². The molecule has 0 aliphatic carbocycles. The summed E-state index contributed by atoms with van der Waals surface area (Å²) in [5.74, 6) is -0.712. The SMILES string of the molecule is CCN1CC(NCc2ccc(C(=O)Nc3ccc(Br)cc3C(=O)NN=Cc3ccc(C)c(C)c3)cc2)CN1CC. The van der Waals surface area contributed by atoms with Crippen LogP contribution in [0.5, 0.6) is 0 Å². The fourth-order valence-electron chi connectivity index (χ4n) is 4.70. The van der Waals surface area contributed by atoms with E-state index in [1.165, 1.54) is 5.56 Å². The van der Waals surface area contributed by atoms with E-state index in [4.69, 9.17) is 0 Å². The minimum Gasteiger partial charge on any atom is -0.321 e. The number of hydrogen-bond acceptors (Lipinski definition) is 6. The number of carbonyl (C=O) groups excluding carboxylic acids is 2. The van der Waals surface area contributed by atoms with Crippen LogP contribution < -0.4 is 16.1 Å². The van der Waals surface area contributed by atoms with Crippen LogP contribution >= 0.6 is 15.9 Å². The molecule has 8 nitrogen and oxygen atoms in total. The Labute approximate surface area is 244 Å². The Kier molecular flexibility index (Phi) is 10.2. The minimum absolute atomic E-state index is 0.289. The molecule has 1 saturated heterocycles. The van der Waals surface area contributed by atoms with Crippen molar-refractivity contribution in [2.24, 2.45) is 5.10 Å². The first-order valence-electron chi connectivity index (χ1n) is 13.6. The number of anilines is 1. The van der Waals surface area contributed by atoms with Gasteiger partial charge in [-0.1, -0.05) is 60.1 Å². The Morgan fingerprint density at radius 2 is 1.62 bits per heavy atom. The molecule has 3 aromatic carbocycles. The first-order chi connectivity index (χ1) is 19.3. The molecule has 0 radical (unpaired) electrons. The predicted octanol–water partition coefficient (Wildman–Crippen LogP) is 5.11. The van der Waals surface area contributed by atoms with Crippen LogP contribution in [0.1, 0.15) is 56.8 Å². The molecular formula is C31H37BrN6O2. The number of likely N-dealkylation sites (N-methyl/N-ethyl adjacent to an activating group) is 2. The Morgan fingerprint density at radius 1 is 0.925 bits per heavy atom. The summed E-state index contributed by atoms with van der Waals surface area (Å²) < 4.78 is 0.719. The van der Waals surface area contributed by atoms with Crippen molar-refractivity contribution in [3.8, 4) is 0 Å². The first kappa shape index (κ1) is 29.6. The summed E-state index contributed by atoms with van der Waals surface area (Å²) in [4.78, 5) is 26.0. The maximum Gasteiger partial charge on any atom is 0.273 e. The third-order valence-corrected chi connectivity index (χ3v) is 7.68. The van der Waals surface area contributed by atoms with E-state index in [2.05, 4.69) is 61.0 Å². The second kappa shape index (κ2) is 13.8. The molecule has 3 aromatic rings. The van der Waals surface area contributed by atoms with Crippen LogP contribution in [0.4, 0.5) is 5.69 Å². The highest BCUT2D eigenvalue weighted by Crippen LogP contribution is 2.22. The lowest BCUT2D eigenvalue weighted by Gasteiger charge is -2.24. The number of aryl methyl sites for hydroxylation is 2. The number of amides is 2. The molecule has 0 unspecified atom stereocenters. The van der Waals surface area contributed by atoms with E-state index >= 15 is 0 Å². The number of hydrogen-bond donors (Lipinski definition) is 3. The maximum absolute atomic E-state index is 13.0. The van der Waals surface area contributed by atoms with Gasteiger partial charge < -0.3 is 10.6 Å². The van der Waals surface area contributed by atoms with Crippen LogP contribution in [0.15, 0.2) is 70.2 Å². The molecule has 0 spiro atoms. The van der Waals surface area contributed by atoms with Gasteiger partial charge in [-0.15, -0.1) is 0 Å². The van der Waals surface area contributed by atoms with Gasteiger partial charge in [0.2, 0.25) is 0 Å². The molecule has 3 N–H and O–H groups in total. The van der Waals surface area contributed by atoms with Gasteiger partial charge >= 0.3 is 0 Å². The van der Waals surface area contributed by atoms with Gasteiger partial charge in [-0.2, -0.15) is 5.10 Å². The van der Waals surface area contributed by atoms with Crippen LogP contribution in [0.2, 0.25) is 0 Å². The number of benzene rings is 3. The second-order valence-corrected chi connectivity index (χ2v) is 10.9. The smallest absolute Gasteiger partial charge is 0.273 e. The molecule has 1 aliphatic rings. The fraction of sp³-hybridized carbons (Fsp3) is 0.323. The molecular weight excluding hydrogens is 568 g/mol. The van der Waals surface area contributed by atoms with Crippen LogP contribution in [0, 0.1) is 13.8 Å². The summed E-state index contributed by atoms with van der Waals surface area (Å²) in [7, 11) is 0. The van der Waals surface area contributed by atoms with Gasteiger partial charge in [0.25, 0.3) is 11.8 Å². The number of nitrogens with one attached hydrogen (secondary N) is 3. The standard InChI is InChI=1S/C31H37BrN6O2/c1-5-37-19-27(20-38(37)6-2)33-17-23-9-11-25(12-10-23)30(39)35-29-14-13-26(32)16-28(29)31(40)36-34-18-24-8-7-21(3)22(4)15-24/h7-16,18,27,33H,5-6,17,19-20H2,1-4H3,(H,35,39)(H,36,40). The summed E-state index contributed by atoms with van der Waals surface area (Å²) in [6.07, 6.45) is 1.60. The van der Waals surface area contributed by atoms with Gasteiger partial charge in [0, 0.05) is 48.8 Å². The summed E-state index contributed by atoms with van der Waals surface area (Å²) >= 11 is 3.41. The van der Waals surface area contributed by atoms with Crippen LogP contribution in [0.25, 0.3) is 0 Å². The van der Waals surface area contributed by atoms with E-state index in [1.807, 2.05) is 56.3 Å². The highest BCUT2D eigenvalue weighted by atomic mass is 79.9. The number of rotatable bonds is 10. The fourth-order valence-corrected chi connectivity index (χ4v) is 5.06. The lowest BCUT2D eigenvalue weighted by Crippen LogP contribution is -2.35. The number of hydrazone groups is 1. The zero-order valence-corrected chi connectivity index (χ0v) is 25.1. The van der Waals surface area contributed by atoms with Gasteiger partial charge in [-0.3, -0.25) is 9.59 Å². The monoisotopic (exact) mass is 604 g/mol. The number of hydrazine groups is 1. The summed E-state index contributed by atoms with van der Waals surface area (Å²) in [6, 6.07) is 19.1. The molecule has 1 fully saturated rings.